The quantitative estimate of drug-likeness (QED) is 0.460. The number of nitrogens with zero attached hydrogens (tertiary/aromatic N) is 2. The zero-order chi connectivity index (χ0) is 24.2. The van der Waals surface area contributed by atoms with Crippen LogP contribution in [0.1, 0.15) is 35.0 Å². The van der Waals surface area contributed by atoms with Crippen LogP contribution < -0.4 is 9.64 Å². The topological polar surface area (TPSA) is 82.7 Å². The Labute approximate surface area is 192 Å². The number of alkyl halides is 3. The van der Waals surface area contributed by atoms with E-state index in [9.17, 15) is 27.6 Å². The Morgan fingerprint density at radius 3 is 2.53 bits per heavy atom. The summed E-state index contributed by atoms with van der Waals surface area (Å²) >= 11 is 0. The molecule has 34 heavy (non-hydrogen) atoms. The number of rotatable bonds is 4. The highest BCUT2D eigenvalue weighted by atomic mass is 19.4. The highest BCUT2D eigenvalue weighted by molar-refractivity contribution is 6.22. The lowest BCUT2D eigenvalue weighted by molar-refractivity contribution is -0.274. The number of carbonyl (C=O) groups is 3. The Hall–Kier alpha value is -3.66. The number of Topliss-reactive ketones (excluding diaryl/α,β-unsaturated/α-hetero) is 1. The zero-order valence-corrected chi connectivity index (χ0v) is 18.1. The number of carbonyl (C=O) groups excluding carboxylic acids is 3. The number of aromatic nitrogens is 1. The van der Waals surface area contributed by atoms with E-state index in [2.05, 4.69) is 9.72 Å². The summed E-state index contributed by atoms with van der Waals surface area (Å²) in [6.07, 6.45) is -4.23. The highest BCUT2D eigenvalue weighted by Gasteiger charge is 2.43. The van der Waals surface area contributed by atoms with Crippen LogP contribution in [0.5, 0.6) is 5.75 Å². The first-order chi connectivity index (χ1) is 16.1. The smallest absolute Gasteiger partial charge is 0.406 e. The maximum Gasteiger partial charge on any atom is 0.573 e. The lowest BCUT2D eigenvalue weighted by Crippen LogP contribution is -2.44. The molecule has 2 amide bonds. The lowest BCUT2D eigenvalue weighted by atomic mass is 10.0. The Balaban J connectivity index is 1.39. The summed E-state index contributed by atoms with van der Waals surface area (Å²) in [5, 5.41) is 0.593. The molecule has 0 saturated carbocycles. The monoisotopic (exact) mass is 471 g/mol. The van der Waals surface area contributed by atoms with E-state index in [1.807, 2.05) is 4.90 Å². The molecule has 1 N–H and O–H groups in total. The van der Waals surface area contributed by atoms with Crippen LogP contribution in [0.15, 0.2) is 42.5 Å². The van der Waals surface area contributed by atoms with Gasteiger partial charge in [-0.15, -0.1) is 13.2 Å². The molecule has 3 aromatic rings. The first-order valence-corrected chi connectivity index (χ1v) is 10.7. The zero-order valence-electron chi connectivity index (χ0n) is 18.1. The molecular formula is C24H20F3N3O4. The van der Waals surface area contributed by atoms with Gasteiger partial charge in [-0.05, 0) is 55.0 Å². The number of hydrogen-bond acceptors (Lipinski definition) is 5. The second kappa shape index (κ2) is 7.98. The van der Waals surface area contributed by atoms with Crippen LogP contribution in [0, 0.1) is 0 Å². The Morgan fingerprint density at radius 2 is 1.85 bits per heavy atom. The fourth-order valence-electron chi connectivity index (χ4n) is 4.69. The molecule has 0 spiro atoms. The number of anilines is 1. The number of ketones is 1. The summed E-state index contributed by atoms with van der Waals surface area (Å²) in [6, 6.07) is 9.76. The van der Waals surface area contributed by atoms with Gasteiger partial charge in [0.25, 0.3) is 5.91 Å². The normalized spacial score (nSPS) is 19.1. The molecule has 0 aliphatic carbocycles. The van der Waals surface area contributed by atoms with Crippen molar-refractivity contribution in [3.05, 3.63) is 59.3 Å². The number of fused-ring (bicyclic) bond motifs is 3. The van der Waals surface area contributed by atoms with Crippen LogP contribution in [0.2, 0.25) is 0 Å². The van der Waals surface area contributed by atoms with E-state index in [1.54, 1.807) is 24.3 Å². The summed E-state index contributed by atoms with van der Waals surface area (Å²) in [7, 11) is 0. The van der Waals surface area contributed by atoms with E-state index in [-0.39, 0.29) is 29.8 Å². The number of halogens is 3. The van der Waals surface area contributed by atoms with Gasteiger partial charge in [0, 0.05) is 41.7 Å². The lowest BCUT2D eigenvalue weighted by Gasteiger charge is -2.31. The standard InChI is InChI=1S/C24H20F3N3O4/c1-13(31)14-2-4-15(5-3-14)30-22(32)11-21(23(30)33)29-9-8-20-18(12-29)17-10-16(34-24(25,26)27)6-7-19(17)28-20/h2-7,10,21,28H,8-9,11-12H2,1H3/t21-/m0/s1. The van der Waals surface area contributed by atoms with Crippen LogP contribution in [-0.2, 0) is 22.6 Å². The molecule has 0 bridgehead atoms. The van der Waals surface area contributed by atoms with E-state index >= 15 is 0 Å². The average molecular weight is 471 g/mol. The number of aromatic amines is 1. The van der Waals surface area contributed by atoms with Crippen molar-refractivity contribution < 1.29 is 32.3 Å². The summed E-state index contributed by atoms with van der Waals surface area (Å²) in [6.45, 7) is 2.27. The van der Waals surface area contributed by atoms with Crippen LogP contribution in [0.4, 0.5) is 18.9 Å². The largest absolute Gasteiger partial charge is 0.573 e. The van der Waals surface area contributed by atoms with Gasteiger partial charge in [-0.2, -0.15) is 0 Å². The van der Waals surface area contributed by atoms with Crippen molar-refractivity contribution in [2.24, 2.45) is 0 Å². The van der Waals surface area contributed by atoms with Crippen LogP contribution in [-0.4, -0.2) is 46.4 Å². The fourth-order valence-corrected chi connectivity index (χ4v) is 4.69. The Morgan fingerprint density at radius 1 is 1.12 bits per heavy atom. The molecule has 2 aliphatic rings. The summed E-state index contributed by atoms with van der Waals surface area (Å²) in [5.74, 6) is -1.12. The minimum absolute atomic E-state index is 0.00736. The van der Waals surface area contributed by atoms with E-state index in [0.29, 0.717) is 41.7 Å². The second-order valence-electron chi connectivity index (χ2n) is 8.45. The molecule has 1 saturated heterocycles. The van der Waals surface area contributed by atoms with Crippen molar-refractivity contribution in [1.82, 2.24) is 9.88 Å². The number of H-pyrrole nitrogens is 1. The van der Waals surface area contributed by atoms with Crippen LogP contribution in [0.25, 0.3) is 10.9 Å². The van der Waals surface area contributed by atoms with Gasteiger partial charge in [0.15, 0.2) is 5.78 Å². The van der Waals surface area contributed by atoms with Crippen molar-refractivity contribution in [2.75, 3.05) is 11.4 Å². The van der Waals surface area contributed by atoms with Crippen LogP contribution in [0.3, 0.4) is 0 Å². The van der Waals surface area contributed by atoms with Crippen LogP contribution >= 0.6 is 0 Å². The van der Waals surface area contributed by atoms with Gasteiger partial charge in [-0.25, -0.2) is 4.90 Å². The second-order valence-corrected chi connectivity index (χ2v) is 8.45. The Kier molecular flexibility index (Phi) is 5.20. The maximum atomic E-state index is 13.2. The molecule has 0 radical (unpaired) electrons. The van der Waals surface area contributed by atoms with Crippen molar-refractivity contribution >= 4 is 34.2 Å². The van der Waals surface area contributed by atoms with Gasteiger partial charge in [0.2, 0.25) is 5.91 Å². The van der Waals surface area contributed by atoms with E-state index in [4.69, 9.17) is 0 Å². The minimum Gasteiger partial charge on any atom is -0.406 e. The third-order valence-electron chi connectivity index (χ3n) is 6.31. The van der Waals surface area contributed by atoms with Gasteiger partial charge in [-0.3, -0.25) is 19.3 Å². The molecule has 0 unspecified atom stereocenters. The molecule has 5 rings (SSSR count). The molecule has 3 heterocycles. The molecule has 2 aromatic carbocycles. The Bertz CT molecular complexity index is 1310. The van der Waals surface area contributed by atoms with Gasteiger partial charge in [0.05, 0.1) is 18.2 Å². The predicted octanol–water partition coefficient (Wildman–Crippen LogP) is 3.96. The SMILES string of the molecule is CC(=O)c1ccc(N2C(=O)C[C@H](N3CCc4[nH]c5ccc(OC(F)(F)F)cc5c4C3)C2=O)cc1. The highest BCUT2D eigenvalue weighted by Crippen LogP contribution is 2.35. The van der Waals surface area contributed by atoms with Crippen molar-refractivity contribution in [1.29, 1.82) is 0 Å². The van der Waals surface area contributed by atoms with E-state index < -0.39 is 12.4 Å². The van der Waals surface area contributed by atoms with Gasteiger partial charge < -0.3 is 9.72 Å². The molecule has 2 aliphatic heterocycles. The average Bonchev–Trinajstić information content (AvgIpc) is 3.28. The molecule has 1 fully saturated rings. The van der Waals surface area contributed by atoms with Gasteiger partial charge in [0.1, 0.15) is 5.75 Å². The number of ether oxygens (including phenoxy) is 1. The van der Waals surface area contributed by atoms with E-state index in [1.165, 1.54) is 25.1 Å². The molecular weight excluding hydrogens is 451 g/mol. The number of nitrogens with one attached hydrogen (secondary N) is 1. The molecule has 10 heteroatoms. The van der Waals surface area contributed by atoms with Crippen molar-refractivity contribution in [3.63, 3.8) is 0 Å². The first-order valence-electron chi connectivity index (χ1n) is 10.7. The number of hydrogen-bond donors (Lipinski definition) is 1. The van der Waals surface area contributed by atoms with Gasteiger partial charge >= 0.3 is 6.36 Å². The molecule has 1 atom stereocenters. The van der Waals surface area contributed by atoms with Gasteiger partial charge in [-0.1, -0.05) is 0 Å². The summed E-state index contributed by atoms with van der Waals surface area (Å²) < 4.78 is 42.0. The third kappa shape index (κ3) is 3.94. The summed E-state index contributed by atoms with van der Waals surface area (Å²) in [5.41, 5.74) is 3.25. The number of imide groups is 1. The van der Waals surface area contributed by atoms with Crippen molar-refractivity contribution in [2.45, 2.75) is 38.7 Å². The fraction of sp³-hybridized carbons (Fsp3) is 0.292. The van der Waals surface area contributed by atoms with Crippen molar-refractivity contribution in [3.8, 4) is 5.75 Å². The molecule has 1 aromatic heterocycles. The van der Waals surface area contributed by atoms with E-state index in [0.717, 1.165) is 16.2 Å². The third-order valence-corrected chi connectivity index (χ3v) is 6.31. The molecule has 7 nitrogen and oxygen atoms in total. The molecule has 176 valence electrons. The summed E-state index contributed by atoms with van der Waals surface area (Å²) in [4.78, 5) is 43.7. The first kappa shape index (κ1) is 22.1. The predicted molar refractivity (Wildman–Crippen MR) is 116 cm³/mol. The number of benzene rings is 2. The maximum absolute atomic E-state index is 13.2. The minimum atomic E-state index is -4.79. The number of amides is 2.